The van der Waals surface area contributed by atoms with E-state index in [4.69, 9.17) is 30.5 Å². The molecule has 8 nitrogen and oxygen atoms in total. The number of halogens is 1. The fraction of sp³-hybridized carbons (Fsp3) is 0.917. The first kappa shape index (κ1) is 25.2. The average Bonchev–Trinajstić information content (AvgIpc) is 3.28. The standard InChI is InChI=1S/C24H37ClO8/c1-13-8-19(31-15(3)27)24(12-30-14(2)26)17(6-5-7-23(24,29)11-25)22(13,4)18-9-16-10-20(28)33-21(16)32-18/h13,16-21,28-29H,5-12H2,1-4H3/t13-,16+,17-,18+,19+,20-,21-,22+,23+,24+/m1/s1. The van der Waals surface area contributed by atoms with Gasteiger partial charge in [-0.2, -0.15) is 0 Å². The van der Waals surface area contributed by atoms with Crippen LogP contribution in [0, 0.1) is 28.6 Å². The first-order chi connectivity index (χ1) is 15.5. The van der Waals surface area contributed by atoms with Gasteiger partial charge in [-0.15, -0.1) is 11.6 Å². The Kier molecular flexibility index (Phi) is 6.82. The number of fused-ring (bicyclic) bond motifs is 2. The molecule has 2 aliphatic carbocycles. The van der Waals surface area contributed by atoms with Crippen LogP contribution < -0.4 is 0 Å². The van der Waals surface area contributed by atoms with Crippen molar-refractivity contribution in [1.29, 1.82) is 0 Å². The van der Waals surface area contributed by atoms with Crippen molar-refractivity contribution < 1.29 is 38.7 Å². The number of alkyl halides is 1. The number of esters is 2. The van der Waals surface area contributed by atoms with Crippen LogP contribution in [0.25, 0.3) is 0 Å². The van der Waals surface area contributed by atoms with Crippen molar-refractivity contribution in [2.75, 3.05) is 12.5 Å². The maximum atomic E-state index is 12.1. The number of rotatable bonds is 5. The second kappa shape index (κ2) is 8.94. The van der Waals surface area contributed by atoms with E-state index in [-0.39, 0.29) is 36.3 Å². The lowest BCUT2D eigenvalue weighted by Crippen LogP contribution is -2.72. The van der Waals surface area contributed by atoms with Crippen LogP contribution in [-0.4, -0.2) is 65.0 Å². The Morgan fingerprint density at radius 3 is 2.48 bits per heavy atom. The fourth-order valence-electron chi connectivity index (χ4n) is 7.50. The molecule has 0 spiro atoms. The van der Waals surface area contributed by atoms with Crippen molar-refractivity contribution in [3.63, 3.8) is 0 Å². The van der Waals surface area contributed by atoms with Gasteiger partial charge < -0.3 is 29.2 Å². The largest absolute Gasteiger partial charge is 0.465 e. The van der Waals surface area contributed by atoms with E-state index in [1.54, 1.807) is 0 Å². The number of aliphatic hydroxyl groups excluding tert-OH is 1. The lowest BCUT2D eigenvalue weighted by Gasteiger charge is -2.66. The van der Waals surface area contributed by atoms with E-state index < -0.39 is 47.1 Å². The second-order valence-electron chi connectivity index (χ2n) is 10.8. The van der Waals surface area contributed by atoms with Crippen LogP contribution in [0.4, 0.5) is 0 Å². The lowest BCUT2D eigenvalue weighted by molar-refractivity contribution is -0.290. The van der Waals surface area contributed by atoms with E-state index in [0.29, 0.717) is 19.3 Å². The average molecular weight is 489 g/mol. The highest BCUT2D eigenvalue weighted by Gasteiger charge is 2.72. The molecule has 2 heterocycles. The number of aliphatic hydroxyl groups is 2. The molecule has 0 amide bonds. The van der Waals surface area contributed by atoms with Crippen molar-refractivity contribution in [2.24, 2.45) is 28.6 Å². The molecule has 0 bridgehead atoms. The molecule has 2 saturated heterocycles. The van der Waals surface area contributed by atoms with Crippen LogP contribution in [-0.2, 0) is 28.5 Å². The van der Waals surface area contributed by atoms with E-state index >= 15 is 0 Å². The molecule has 0 aromatic carbocycles. The van der Waals surface area contributed by atoms with Crippen molar-refractivity contribution in [2.45, 2.75) is 96.6 Å². The highest BCUT2D eigenvalue weighted by atomic mass is 35.5. The third-order valence-electron chi connectivity index (χ3n) is 9.26. The minimum atomic E-state index is -1.38. The third-order valence-corrected chi connectivity index (χ3v) is 9.70. The predicted molar refractivity (Wildman–Crippen MR) is 118 cm³/mol. The zero-order valence-electron chi connectivity index (χ0n) is 19.9. The Hall–Kier alpha value is -0.930. The number of carbonyl (C=O) groups excluding carboxylic acids is 2. The van der Waals surface area contributed by atoms with Crippen molar-refractivity contribution >= 4 is 23.5 Å². The molecule has 33 heavy (non-hydrogen) atoms. The molecule has 0 aromatic heterocycles. The molecule has 10 atom stereocenters. The number of hydrogen-bond acceptors (Lipinski definition) is 8. The molecule has 4 rings (SSSR count). The Morgan fingerprint density at radius 1 is 1.15 bits per heavy atom. The van der Waals surface area contributed by atoms with Crippen LogP contribution in [0.5, 0.6) is 0 Å². The first-order valence-corrected chi connectivity index (χ1v) is 12.6. The van der Waals surface area contributed by atoms with Gasteiger partial charge in [-0.3, -0.25) is 9.59 Å². The summed E-state index contributed by atoms with van der Waals surface area (Å²) in [6.07, 6.45) is 1.64. The van der Waals surface area contributed by atoms with E-state index in [9.17, 15) is 19.8 Å². The van der Waals surface area contributed by atoms with Gasteiger partial charge in [0.05, 0.1) is 23.0 Å². The molecular weight excluding hydrogens is 452 g/mol. The zero-order chi connectivity index (χ0) is 24.2. The third kappa shape index (κ3) is 3.90. The topological polar surface area (TPSA) is 112 Å². The van der Waals surface area contributed by atoms with E-state index in [2.05, 4.69) is 13.8 Å². The van der Waals surface area contributed by atoms with Crippen LogP contribution in [0.3, 0.4) is 0 Å². The van der Waals surface area contributed by atoms with Crippen LogP contribution in [0.15, 0.2) is 0 Å². The summed E-state index contributed by atoms with van der Waals surface area (Å²) in [6, 6.07) is 0. The van der Waals surface area contributed by atoms with Gasteiger partial charge >= 0.3 is 11.9 Å². The van der Waals surface area contributed by atoms with Gasteiger partial charge in [0, 0.05) is 31.6 Å². The van der Waals surface area contributed by atoms with Gasteiger partial charge in [-0.05, 0) is 37.5 Å². The van der Waals surface area contributed by atoms with E-state index in [1.165, 1.54) is 13.8 Å². The Balaban J connectivity index is 1.79. The van der Waals surface area contributed by atoms with Gasteiger partial charge in [-0.1, -0.05) is 20.3 Å². The quantitative estimate of drug-likeness (QED) is 0.449. The summed E-state index contributed by atoms with van der Waals surface area (Å²) in [5, 5.41) is 21.8. The lowest BCUT2D eigenvalue weighted by atomic mass is 9.41. The monoisotopic (exact) mass is 488 g/mol. The number of ether oxygens (including phenoxy) is 4. The molecule has 2 aliphatic heterocycles. The smallest absolute Gasteiger partial charge is 0.302 e. The van der Waals surface area contributed by atoms with E-state index in [0.717, 1.165) is 19.3 Å². The summed E-state index contributed by atoms with van der Waals surface area (Å²) in [5.74, 6) is -0.931. The summed E-state index contributed by atoms with van der Waals surface area (Å²) < 4.78 is 23.4. The summed E-state index contributed by atoms with van der Waals surface area (Å²) >= 11 is 6.42. The highest BCUT2D eigenvalue weighted by molar-refractivity contribution is 6.18. The molecule has 188 valence electrons. The molecule has 9 heteroatoms. The first-order valence-electron chi connectivity index (χ1n) is 12.1. The fourth-order valence-corrected chi connectivity index (χ4v) is 7.89. The SMILES string of the molecule is CC(=O)OC[C@@]12[C@@H](OC(C)=O)C[C@@H](C)[C@](C)([C@@H]3C[C@H]4C[C@H](O)O[C@H]4O3)[C@H]1CCC[C@]2(O)CCl. The van der Waals surface area contributed by atoms with Gasteiger partial charge in [0.2, 0.25) is 0 Å². The number of carbonyl (C=O) groups is 2. The molecule has 2 saturated carbocycles. The van der Waals surface area contributed by atoms with Crippen LogP contribution in [0.1, 0.15) is 66.2 Å². The van der Waals surface area contributed by atoms with Crippen molar-refractivity contribution in [3.8, 4) is 0 Å². The molecule has 0 radical (unpaired) electrons. The molecular formula is C24H37ClO8. The highest BCUT2D eigenvalue weighted by Crippen LogP contribution is 2.67. The zero-order valence-corrected chi connectivity index (χ0v) is 20.7. The van der Waals surface area contributed by atoms with Gasteiger partial charge in [0.1, 0.15) is 12.7 Å². The van der Waals surface area contributed by atoms with E-state index in [1.807, 2.05) is 0 Å². The molecule has 0 unspecified atom stereocenters. The minimum Gasteiger partial charge on any atom is -0.465 e. The molecule has 4 aliphatic rings. The summed E-state index contributed by atoms with van der Waals surface area (Å²) in [4.78, 5) is 24.1. The Bertz CT molecular complexity index is 764. The number of hydrogen-bond donors (Lipinski definition) is 2. The molecule has 2 N–H and O–H groups in total. The molecule has 4 fully saturated rings. The second-order valence-corrected chi connectivity index (χ2v) is 11.1. The van der Waals surface area contributed by atoms with Crippen LogP contribution >= 0.6 is 11.6 Å². The van der Waals surface area contributed by atoms with Gasteiger partial charge in [0.15, 0.2) is 12.6 Å². The van der Waals surface area contributed by atoms with Crippen LogP contribution in [0.2, 0.25) is 0 Å². The minimum absolute atomic E-state index is 0.0565. The Labute approximate surface area is 200 Å². The van der Waals surface area contributed by atoms with Crippen molar-refractivity contribution in [1.82, 2.24) is 0 Å². The summed E-state index contributed by atoms with van der Waals surface area (Å²) in [5.41, 5.74) is -2.86. The summed E-state index contributed by atoms with van der Waals surface area (Å²) in [7, 11) is 0. The maximum Gasteiger partial charge on any atom is 0.302 e. The Morgan fingerprint density at radius 2 is 1.88 bits per heavy atom. The predicted octanol–water partition coefficient (Wildman–Crippen LogP) is 2.75. The van der Waals surface area contributed by atoms with Gasteiger partial charge in [-0.25, -0.2) is 0 Å². The maximum absolute atomic E-state index is 12.1. The summed E-state index contributed by atoms with van der Waals surface area (Å²) in [6.45, 7) is 6.93. The molecule has 0 aromatic rings. The van der Waals surface area contributed by atoms with Gasteiger partial charge in [0.25, 0.3) is 0 Å². The van der Waals surface area contributed by atoms with Crippen molar-refractivity contribution in [3.05, 3.63) is 0 Å². The normalized spacial score (nSPS) is 49.2.